The molecule has 0 spiro atoms. The van der Waals surface area contributed by atoms with E-state index in [0.717, 1.165) is 27.8 Å². The lowest BCUT2D eigenvalue weighted by atomic mass is 9.93. The Morgan fingerprint density at radius 1 is 0.917 bits per heavy atom. The van der Waals surface area contributed by atoms with Crippen molar-refractivity contribution < 1.29 is 22.8 Å². The average Bonchev–Trinajstić information content (AvgIpc) is 3.57. The summed E-state index contributed by atoms with van der Waals surface area (Å²) in [5.41, 5.74) is 4.07. The van der Waals surface area contributed by atoms with Crippen LogP contribution >= 0.6 is 11.6 Å². The molecule has 0 aliphatic heterocycles. The third kappa shape index (κ3) is 4.94. The van der Waals surface area contributed by atoms with Gasteiger partial charge in [0, 0.05) is 16.1 Å². The summed E-state index contributed by atoms with van der Waals surface area (Å²) in [7, 11) is -3.42. The Bertz CT molecular complexity index is 1500. The smallest absolute Gasteiger partial charge is 0.314 e. The topological polar surface area (TPSA) is 97.5 Å². The first-order chi connectivity index (χ1) is 17.3. The quantitative estimate of drug-likeness (QED) is 0.293. The minimum Gasteiger partial charge on any atom is -0.481 e. The van der Waals surface area contributed by atoms with Crippen molar-refractivity contribution in [3.8, 4) is 22.5 Å². The predicted molar refractivity (Wildman–Crippen MR) is 139 cm³/mol. The van der Waals surface area contributed by atoms with E-state index < -0.39 is 21.2 Å². The second-order valence-corrected chi connectivity index (χ2v) is 11.7. The molecule has 0 amide bonds. The van der Waals surface area contributed by atoms with E-state index in [1.54, 1.807) is 6.07 Å². The maximum Gasteiger partial charge on any atom is 0.314 e. The van der Waals surface area contributed by atoms with Gasteiger partial charge in [0.05, 0.1) is 23.1 Å². The number of aliphatic carboxylic acids is 1. The van der Waals surface area contributed by atoms with Crippen molar-refractivity contribution in [2.24, 2.45) is 0 Å². The molecule has 36 heavy (non-hydrogen) atoms. The Morgan fingerprint density at radius 3 is 2.14 bits per heavy atom. The van der Waals surface area contributed by atoms with E-state index in [1.165, 1.54) is 6.20 Å². The predicted octanol–water partition coefficient (Wildman–Crippen LogP) is 5.94. The highest BCUT2D eigenvalue weighted by atomic mass is 35.5. The lowest BCUT2D eigenvalue weighted by Crippen LogP contribution is -2.19. The largest absolute Gasteiger partial charge is 0.481 e. The number of aryl methyl sites for hydroxylation is 1. The first kappa shape index (κ1) is 24.3. The second-order valence-electron chi connectivity index (χ2n) is 9.16. The van der Waals surface area contributed by atoms with Crippen LogP contribution in [0.3, 0.4) is 0 Å². The van der Waals surface area contributed by atoms with Crippen LogP contribution in [0.2, 0.25) is 5.02 Å². The number of carboxylic acid groups (broad SMARTS) is 1. The fourth-order valence-electron chi connectivity index (χ4n) is 4.42. The van der Waals surface area contributed by atoms with Crippen LogP contribution in [-0.2, 0) is 32.2 Å². The summed E-state index contributed by atoms with van der Waals surface area (Å²) in [6, 6.07) is 22.4. The fraction of sp³-hybridized carbons (Fsp3) is 0.214. The number of sulfone groups is 1. The molecule has 0 unspecified atom stereocenters. The van der Waals surface area contributed by atoms with Gasteiger partial charge < -0.3 is 9.63 Å². The molecule has 1 aromatic heterocycles. The molecule has 1 aliphatic rings. The molecule has 1 fully saturated rings. The Balaban J connectivity index is 1.29. The molecule has 3 aromatic carbocycles. The molecule has 5 rings (SSSR count). The number of hydrogen-bond acceptors (Lipinski definition) is 5. The molecule has 0 saturated heterocycles. The number of hydrogen-bond donors (Lipinski definition) is 1. The molecule has 0 radical (unpaired) electrons. The van der Waals surface area contributed by atoms with E-state index >= 15 is 0 Å². The van der Waals surface area contributed by atoms with Gasteiger partial charge in [-0.25, -0.2) is 8.42 Å². The Morgan fingerprint density at radius 2 is 1.53 bits per heavy atom. The van der Waals surface area contributed by atoms with Crippen LogP contribution in [0.25, 0.3) is 22.5 Å². The minimum atomic E-state index is -3.42. The molecule has 6 nitrogen and oxygen atoms in total. The summed E-state index contributed by atoms with van der Waals surface area (Å²) in [6.45, 7) is 0. The van der Waals surface area contributed by atoms with Crippen LogP contribution in [0, 0.1) is 0 Å². The summed E-state index contributed by atoms with van der Waals surface area (Å²) in [4.78, 5) is 11.6. The van der Waals surface area contributed by atoms with Crippen molar-refractivity contribution >= 4 is 27.4 Å². The van der Waals surface area contributed by atoms with E-state index in [0.29, 0.717) is 35.6 Å². The Hall–Kier alpha value is -3.42. The molecule has 1 N–H and O–H groups in total. The van der Waals surface area contributed by atoms with Crippen molar-refractivity contribution in [3.05, 3.63) is 101 Å². The van der Waals surface area contributed by atoms with Crippen LogP contribution in [0.5, 0.6) is 0 Å². The van der Waals surface area contributed by atoms with E-state index in [-0.39, 0.29) is 11.5 Å². The van der Waals surface area contributed by atoms with Gasteiger partial charge in [-0.05, 0) is 47.6 Å². The zero-order chi connectivity index (χ0) is 25.3. The SMILES string of the molecule is O=C(O)C1(c2ccc(-c3ccc(-c4oncc4CS(=O)(=O)CCc4ccccc4Cl)cc3)cc2)CC1. The van der Waals surface area contributed by atoms with Gasteiger partial charge in [-0.3, -0.25) is 4.79 Å². The first-order valence-electron chi connectivity index (χ1n) is 11.6. The van der Waals surface area contributed by atoms with Crippen molar-refractivity contribution in [2.75, 3.05) is 5.75 Å². The fourth-order valence-corrected chi connectivity index (χ4v) is 6.01. The Labute approximate surface area is 214 Å². The molecular formula is C28H24ClNO5S. The highest BCUT2D eigenvalue weighted by molar-refractivity contribution is 7.90. The summed E-state index contributed by atoms with van der Waals surface area (Å²) in [5.74, 6) is -0.548. The van der Waals surface area contributed by atoms with Gasteiger partial charge in [0.25, 0.3) is 0 Å². The van der Waals surface area contributed by atoms with Gasteiger partial charge in [0.15, 0.2) is 15.6 Å². The van der Waals surface area contributed by atoms with Crippen LogP contribution in [-0.4, -0.2) is 30.4 Å². The van der Waals surface area contributed by atoms with Gasteiger partial charge in [-0.1, -0.05) is 83.5 Å². The molecule has 184 valence electrons. The van der Waals surface area contributed by atoms with Crippen LogP contribution in [0.1, 0.15) is 29.5 Å². The highest BCUT2D eigenvalue weighted by Gasteiger charge is 2.51. The van der Waals surface area contributed by atoms with Crippen LogP contribution < -0.4 is 0 Å². The van der Waals surface area contributed by atoms with Crippen molar-refractivity contribution in [3.63, 3.8) is 0 Å². The minimum absolute atomic E-state index is 0.0283. The zero-order valence-electron chi connectivity index (χ0n) is 19.4. The number of carbonyl (C=O) groups is 1. The van der Waals surface area contributed by atoms with E-state index in [2.05, 4.69) is 5.16 Å². The summed E-state index contributed by atoms with van der Waals surface area (Å²) in [6.07, 6.45) is 3.13. The molecule has 1 aliphatic carbocycles. The maximum atomic E-state index is 12.8. The number of aromatic nitrogens is 1. The number of nitrogens with zero attached hydrogens (tertiary/aromatic N) is 1. The van der Waals surface area contributed by atoms with E-state index in [9.17, 15) is 18.3 Å². The van der Waals surface area contributed by atoms with Gasteiger partial charge in [-0.15, -0.1) is 0 Å². The zero-order valence-corrected chi connectivity index (χ0v) is 20.9. The van der Waals surface area contributed by atoms with Gasteiger partial charge in [0.1, 0.15) is 0 Å². The molecule has 1 saturated carbocycles. The van der Waals surface area contributed by atoms with Crippen molar-refractivity contribution in [1.82, 2.24) is 5.16 Å². The maximum absolute atomic E-state index is 12.8. The summed E-state index contributed by atoms with van der Waals surface area (Å²) < 4.78 is 31.0. The lowest BCUT2D eigenvalue weighted by Gasteiger charge is -2.11. The second kappa shape index (κ2) is 9.56. The van der Waals surface area contributed by atoms with Crippen LogP contribution in [0.4, 0.5) is 0 Å². The lowest BCUT2D eigenvalue weighted by molar-refractivity contribution is -0.140. The summed E-state index contributed by atoms with van der Waals surface area (Å²) >= 11 is 6.16. The van der Waals surface area contributed by atoms with E-state index in [1.807, 2.05) is 66.7 Å². The first-order valence-corrected chi connectivity index (χ1v) is 13.8. The van der Waals surface area contributed by atoms with Gasteiger partial charge in [-0.2, -0.15) is 0 Å². The van der Waals surface area contributed by atoms with Gasteiger partial charge >= 0.3 is 5.97 Å². The Kier molecular flexibility index (Phi) is 6.45. The number of carboxylic acids is 1. The summed E-state index contributed by atoms with van der Waals surface area (Å²) in [5, 5.41) is 13.9. The normalized spacial score (nSPS) is 14.5. The van der Waals surface area contributed by atoms with Crippen molar-refractivity contribution in [1.29, 1.82) is 0 Å². The third-order valence-electron chi connectivity index (χ3n) is 6.74. The van der Waals surface area contributed by atoms with Gasteiger partial charge in [0.2, 0.25) is 0 Å². The molecule has 0 atom stereocenters. The highest BCUT2D eigenvalue weighted by Crippen LogP contribution is 2.48. The van der Waals surface area contributed by atoms with E-state index in [4.69, 9.17) is 16.1 Å². The molecule has 8 heteroatoms. The van der Waals surface area contributed by atoms with Crippen LogP contribution in [0.15, 0.2) is 83.5 Å². The average molecular weight is 522 g/mol. The third-order valence-corrected chi connectivity index (χ3v) is 8.68. The number of benzene rings is 3. The monoisotopic (exact) mass is 521 g/mol. The molecule has 0 bridgehead atoms. The molecular weight excluding hydrogens is 498 g/mol. The molecule has 1 heterocycles. The van der Waals surface area contributed by atoms with Crippen molar-refractivity contribution in [2.45, 2.75) is 30.4 Å². The molecule has 4 aromatic rings. The number of rotatable bonds is 9. The number of halogens is 1. The standard InChI is InChI=1S/C28H24ClNO5S/c29-25-4-2-1-3-21(25)13-16-36(33,34)18-23-17-30-35-26(23)22-7-5-19(6-8-22)20-9-11-24(12-10-20)28(14-15-28)27(31)32/h1-12,17H,13-16,18H2,(H,31,32).